The van der Waals surface area contributed by atoms with Crippen LogP contribution in [0, 0.1) is 0 Å². The van der Waals surface area contributed by atoms with E-state index in [1.54, 1.807) is 0 Å². The fourth-order valence-electron chi connectivity index (χ4n) is 1.98. The van der Waals surface area contributed by atoms with Crippen LogP contribution in [-0.2, 0) is 14.8 Å². The molecule has 112 valence electrons. The maximum absolute atomic E-state index is 12.5. The number of hydrogen-bond donors (Lipinski definition) is 2. The molecule has 0 bridgehead atoms. The number of morpholine rings is 1. The molecule has 4 N–H and O–H groups in total. The molecule has 1 saturated heterocycles. The number of rotatable bonds is 5. The number of carbonyl (C=O) groups excluding carboxylic acids is 1. The molecule has 9 heteroatoms. The van der Waals surface area contributed by atoms with Gasteiger partial charge in [0.15, 0.2) is 0 Å². The minimum absolute atomic E-state index is 0.125. The van der Waals surface area contributed by atoms with Crippen molar-refractivity contribution in [3.05, 3.63) is 17.0 Å². The Morgan fingerprint density at radius 3 is 2.90 bits per heavy atom. The second-order valence-corrected chi connectivity index (χ2v) is 7.53. The number of carbonyl (C=O) groups is 1. The molecule has 2 heterocycles. The summed E-state index contributed by atoms with van der Waals surface area (Å²) in [5.74, 6) is -0.634. The highest BCUT2D eigenvalue weighted by Gasteiger charge is 2.31. The zero-order valence-corrected chi connectivity index (χ0v) is 12.5. The van der Waals surface area contributed by atoms with Crippen molar-refractivity contribution in [1.29, 1.82) is 0 Å². The van der Waals surface area contributed by atoms with Crippen LogP contribution in [0.4, 0.5) is 0 Å². The second-order valence-electron chi connectivity index (χ2n) is 4.45. The Hall–Kier alpha value is -1.00. The molecule has 2 rings (SSSR count). The highest BCUT2D eigenvalue weighted by Crippen LogP contribution is 2.25. The SMILES string of the molecule is NCC[C@H]1CN(S(=O)(=O)c2cc(C(N)=O)cs2)CCO1. The quantitative estimate of drug-likeness (QED) is 0.765. The van der Waals surface area contributed by atoms with Crippen LogP contribution >= 0.6 is 11.3 Å². The van der Waals surface area contributed by atoms with Gasteiger partial charge in [0.1, 0.15) is 4.21 Å². The lowest BCUT2D eigenvalue weighted by Crippen LogP contribution is -2.45. The molecule has 1 aromatic rings. The van der Waals surface area contributed by atoms with Crippen LogP contribution in [0.2, 0.25) is 0 Å². The molecule has 0 radical (unpaired) electrons. The third kappa shape index (κ3) is 3.18. The van der Waals surface area contributed by atoms with Gasteiger partial charge in [0, 0.05) is 18.5 Å². The van der Waals surface area contributed by atoms with Crippen molar-refractivity contribution in [3.8, 4) is 0 Å². The highest BCUT2D eigenvalue weighted by molar-refractivity contribution is 7.91. The van der Waals surface area contributed by atoms with E-state index in [0.29, 0.717) is 26.1 Å². The van der Waals surface area contributed by atoms with Crippen LogP contribution in [0.25, 0.3) is 0 Å². The van der Waals surface area contributed by atoms with Crippen molar-refractivity contribution >= 4 is 27.3 Å². The summed E-state index contributed by atoms with van der Waals surface area (Å²) in [6, 6.07) is 1.32. The normalized spacial score (nSPS) is 20.9. The molecule has 1 aliphatic rings. The van der Waals surface area contributed by atoms with Gasteiger partial charge in [0.2, 0.25) is 5.91 Å². The largest absolute Gasteiger partial charge is 0.375 e. The standard InChI is InChI=1S/C11H17N3O4S2/c12-2-1-9-6-14(3-4-18-9)20(16,17)10-5-8(7-19-10)11(13)15/h5,7,9H,1-4,6,12H2,(H2,13,15)/t9-/m0/s1. The van der Waals surface area contributed by atoms with Gasteiger partial charge in [-0.3, -0.25) is 4.79 Å². The van der Waals surface area contributed by atoms with E-state index in [9.17, 15) is 13.2 Å². The predicted octanol–water partition coefficient (Wildman–Crippen LogP) is -0.415. The first-order chi connectivity index (χ1) is 9.45. The lowest BCUT2D eigenvalue weighted by molar-refractivity contribution is -0.00400. The zero-order valence-electron chi connectivity index (χ0n) is 10.8. The fraction of sp³-hybridized carbons (Fsp3) is 0.545. The molecule has 0 aromatic carbocycles. The van der Waals surface area contributed by atoms with Gasteiger partial charge in [-0.25, -0.2) is 8.42 Å². The Morgan fingerprint density at radius 1 is 1.55 bits per heavy atom. The van der Waals surface area contributed by atoms with Crippen LogP contribution in [0.3, 0.4) is 0 Å². The van der Waals surface area contributed by atoms with Crippen molar-refractivity contribution in [2.75, 3.05) is 26.2 Å². The number of ether oxygens (including phenoxy) is 1. The van der Waals surface area contributed by atoms with Crippen molar-refractivity contribution < 1.29 is 17.9 Å². The van der Waals surface area contributed by atoms with Crippen molar-refractivity contribution in [2.45, 2.75) is 16.7 Å². The number of primary amides is 1. The van der Waals surface area contributed by atoms with Gasteiger partial charge in [-0.05, 0) is 19.0 Å². The van der Waals surface area contributed by atoms with E-state index in [-0.39, 0.29) is 22.4 Å². The molecule has 7 nitrogen and oxygen atoms in total. The van der Waals surface area contributed by atoms with Crippen molar-refractivity contribution in [2.24, 2.45) is 11.5 Å². The maximum Gasteiger partial charge on any atom is 0.252 e. The molecule has 0 aliphatic carbocycles. The van der Waals surface area contributed by atoms with Crippen LogP contribution in [-0.4, -0.2) is 51.0 Å². The van der Waals surface area contributed by atoms with E-state index in [4.69, 9.17) is 16.2 Å². The topological polar surface area (TPSA) is 116 Å². The molecule has 1 amide bonds. The maximum atomic E-state index is 12.5. The summed E-state index contributed by atoms with van der Waals surface area (Å²) in [6.07, 6.45) is 0.433. The monoisotopic (exact) mass is 319 g/mol. The van der Waals surface area contributed by atoms with Gasteiger partial charge in [-0.15, -0.1) is 11.3 Å². The van der Waals surface area contributed by atoms with Crippen LogP contribution in [0.1, 0.15) is 16.8 Å². The van der Waals surface area contributed by atoms with Gasteiger partial charge in [0.25, 0.3) is 10.0 Å². The Bertz CT molecular complexity index is 582. The molecule has 1 fully saturated rings. The number of amides is 1. The minimum Gasteiger partial charge on any atom is -0.375 e. The van der Waals surface area contributed by atoms with Gasteiger partial charge < -0.3 is 16.2 Å². The lowest BCUT2D eigenvalue weighted by Gasteiger charge is -2.31. The third-order valence-corrected chi connectivity index (χ3v) is 6.32. The highest BCUT2D eigenvalue weighted by atomic mass is 32.2. The molecule has 0 spiro atoms. The van der Waals surface area contributed by atoms with E-state index in [1.807, 2.05) is 0 Å². The summed E-state index contributed by atoms with van der Waals surface area (Å²) in [6.45, 7) is 1.37. The number of hydrogen-bond acceptors (Lipinski definition) is 6. The molecular formula is C11H17N3O4S2. The second kappa shape index (κ2) is 6.19. The first-order valence-corrected chi connectivity index (χ1v) is 8.47. The van der Waals surface area contributed by atoms with Crippen LogP contribution < -0.4 is 11.5 Å². The zero-order chi connectivity index (χ0) is 14.8. The van der Waals surface area contributed by atoms with Crippen LogP contribution in [0.15, 0.2) is 15.7 Å². The van der Waals surface area contributed by atoms with Gasteiger partial charge in [-0.2, -0.15) is 4.31 Å². The number of sulfonamides is 1. The summed E-state index contributed by atoms with van der Waals surface area (Å²) in [4.78, 5) is 11.0. The van der Waals surface area contributed by atoms with Gasteiger partial charge in [0.05, 0.1) is 18.3 Å². The summed E-state index contributed by atoms with van der Waals surface area (Å²) < 4.78 is 31.9. The van der Waals surface area contributed by atoms with E-state index >= 15 is 0 Å². The average Bonchev–Trinajstić information content (AvgIpc) is 2.90. The Kier molecular flexibility index (Phi) is 4.76. The summed E-state index contributed by atoms with van der Waals surface area (Å²) >= 11 is 0.997. The van der Waals surface area contributed by atoms with Gasteiger partial charge >= 0.3 is 0 Å². The molecule has 0 unspecified atom stereocenters. The summed E-state index contributed by atoms with van der Waals surface area (Å²) in [5, 5.41) is 1.45. The first-order valence-electron chi connectivity index (χ1n) is 6.15. The minimum atomic E-state index is -3.60. The predicted molar refractivity (Wildman–Crippen MR) is 75.0 cm³/mol. The number of nitrogens with two attached hydrogens (primary N) is 2. The first kappa shape index (κ1) is 15.4. The van der Waals surface area contributed by atoms with E-state index in [1.165, 1.54) is 15.8 Å². The Balaban J connectivity index is 2.18. The molecule has 1 atom stereocenters. The van der Waals surface area contributed by atoms with Crippen molar-refractivity contribution in [3.63, 3.8) is 0 Å². The Morgan fingerprint density at radius 2 is 2.30 bits per heavy atom. The molecule has 0 saturated carbocycles. The van der Waals surface area contributed by atoms with E-state index < -0.39 is 15.9 Å². The third-order valence-electron chi connectivity index (χ3n) is 3.04. The summed E-state index contributed by atoms with van der Waals surface area (Å²) in [7, 11) is -3.60. The smallest absolute Gasteiger partial charge is 0.252 e. The van der Waals surface area contributed by atoms with Gasteiger partial charge in [-0.1, -0.05) is 0 Å². The average molecular weight is 319 g/mol. The van der Waals surface area contributed by atoms with E-state index in [2.05, 4.69) is 0 Å². The molecule has 1 aliphatic heterocycles. The van der Waals surface area contributed by atoms with Crippen molar-refractivity contribution in [1.82, 2.24) is 4.31 Å². The van der Waals surface area contributed by atoms with Crippen LogP contribution in [0.5, 0.6) is 0 Å². The molecule has 20 heavy (non-hydrogen) atoms. The molecule has 1 aromatic heterocycles. The summed E-state index contributed by atoms with van der Waals surface area (Å²) in [5.41, 5.74) is 10.8. The number of thiophene rings is 1. The fourth-order valence-corrected chi connectivity index (χ4v) is 4.76. The number of nitrogens with zero attached hydrogens (tertiary/aromatic N) is 1. The van der Waals surface area contributed by atoms with E-state index in [0.717, 1.165) is 11.3 Å². The molecular weight excluding hydrogens is 302 g/mol. The lowest BCUT2D eigenvalue weighted by atomic mass is 10.2. The Labute approximate surface area is 121 Å².